The Labute approximate surface area is 209 Å². The number of aliphatic hydroxyl groups excluding tert-OH is 1. The quantitative estimate of drug-likeness (QED) is 0.361. The maximum absolute atomic E-state index is 11.3. The van der Waals surface area contributed by atoms with E-state index in [1.165, 1.54) is 6.92 Å². The van der Waals surface area contributed by atoms with E-state index in [-0.39, 0.29) is 23.5 Å². The van der Waals surface area contributed by atoms with Gasteiger partial charge in [-0.15, -0.1) is 0 Å². The molecule has 0 bridgehead atoms. The number of carbonyl (C=O) groups is 1. The van der Waals surface area contributed by atoms with E-state index < -0.39 is 0 Å². The Morgan fingerprint density at radius 1 is 1.11 bits per heavy atom. The van der Waals surface area contributed by atoms with Gasteiger partial charge in [-0.05, 0) is 31.0 Å². The molecule has 4 aromatic rings. The van der Waals surface area contributed by atoms with E-state index in [2.05, 4.69) is 42.5 Å². The number of ether oxygens (including phenoxy) is 1. The first-order chi connectivity index (χ1) is 17.1. The SMILES string of the molecule is CC(=O)Nc1cc(Oc2ccc3nc(Nc4cc(C(C)(C)C)n([C@H]5C[C@@H](O)C5)n4)n(C)c3c2)ccn1. The standard InChI is InChI=1S/C26H31N7O3/c1-15(34)28-23-13-19(8-9-27-23)36-18-6-7-20-21(12-18)32(5)25(29-20)30-24-14-22(26(2,3)4)33(31-24)16-10-17(35)11-16/h6-9,12-14,16-17,35H,10-11H2,1-5H3,(H,27,28,34)(H,29,30,31)/t16-,17+. The molecule has 5 rings (SSSR count). The van der Waals surface area contributed by atoms with Gasteiger partial charge in [-0.2, -0.15) is 5.10 Å². The number of hydrogen-bond acceptors (Lipinski definition) is 7. The number of pyridine rings is 1. The zero-order valence-electron chi connectivity index (χ0n) is 21.1. The molecule has 0 spiro atoms. The molecule has 3 heterocycles. The van der Waals surface area contributed by atoms with Crippen LogP contribution in [0.25, 0.3) is 11.0 Å². The highest BCUT2D eigenvalue weighted by molar-refractivity contribution is 5.87. The van der Waals surface area contributed by atoms with Gasteiger partial charge in [-0.25, -0.2) is 9.97 Å². The smallest absolute Gasteiger partial charge is 0.222 e. The maximum atomic E-state index is 11.3. The van der Waals surface area contributed by atoms with E-state index in [4.69, 9.17) is 14.8 Å². The van der Waals surface area contributed by atoms with Gasteiger partial charge in [0.1, 0.15) is 17.3 Å². The topological polar surface area (TPSA) is 119 Å². The van der Waals surface area contributed by atoms with Gasteiger partial charge in [0.25, 0.3) is 0 Å². The van der Waals surface area contributed by atoms with Crippen LogP contribution in [0.4, 0.5) is 17.6 Å². The summed E-state index contributed by atoms with van der Waals surface area (Å²) >= 11 is 0. The van der Waals surface area contributed by atoms with Crippen LogP contribution >= 0.6 is 0 Å². The average molecular weight is 490 g/mol. The lowest BCUT2D eigenvalue weighted by atomic mass is 9.87. The second kappa shape index (κ2) is 8.94. The summed E-state index contributed by atoms with van der Waals surface area (Å²) < 4.78 is 10.0. The van der Waals surface area contributed by atoms with Crippen LogP contribution in [0, 0.1) is 0 Å². The Kier molecular flexibility index (Phi) is 5.91. The summed E-state index contributed by atoms with van der Waals surface area (Å²) in [6.45, 7) is 7.93. The number of rotatable bonds is 6. The van der Waals surface area contributed by atoms with Crippen molar-refractivity contribution in [2.75, 3.05) is 10.6 Å². The number of fused-ring (bicyclic) bond motifs is 1. The van der Waals surface area contributed by atoms with E-state index in [1.54, 1.807) is 18.3 Å². The fourth-order valence-electron chi connectivity index (χ4n) is 4.37. The summed E-state index contributed by atoms with van der Waals surface area (Å²) in [7, 11) is 1.94. The van der Waals surface area contributed by atoms with Crippen LogP contribution < -0.4 is 15.4 Å². The Balaban J connectivity index is 1.39. The number of anilines is 3. The number of carbonyl (C=O) groups excluding carboxylic acids is 1. The molecule has 0 atom stereocenters. The second-order valence-electron chi connectivity index (χ2n) is 10.3. The molecule has 1 fully saturated rings. The van der Waals surface area contributed by atoms with Crippen LogP contribution in [0.15, 0.2) is 42.6 Å². The third-order valence-electron chi connectivity index (χ3n) is 6.30. The lowest BCUT2D eigenvalue weighted by molar-refractivity contribution is -0.114. The maximum Gasteiger partial charge on any atom is 0.222 e. The number of amides is 1. The number of aromatic nitrogens is 5. The molecule has 0 unspecified atom stereocenters. The Hall–Kier alpha value is -3.92. The van der Waals surface area contributed by atoms with Crippen LogP contribution in [-0.2, 0) is 17.3 Å². The lowest BCUT2D eigenvalue weighted by Crippen LogP contribution is -2.34. The molecular formula is C26H31N7O3. The number of benzene rings is 1. The van der Waals surface area contributed by atoms with Gasteiger partial charge in [0.15, 0.2) is 5.82 Å². The second-order valence-corrected chi connectivity index (χ2v) is 10.3. The largest absolute Gasteiger partial charge is 0.457 e. The van der Waals surface area contributed by atoms with E-state index in [0.717, 1.165) is 35.4 Å². The molecule has 10 heteroatoms. The van der Waals surface area contributed by atoms with Gasteiger partial charge >= 0.3 is 0 Å². The minimum atomic E-state index is -0.246. The highest BCUT2D eigenvalue weighted by atomic mass is 16.5. The molecule has 3 N–H and O–H groups in total. The third-order valence-corrected chi connectivity index (χ3v) is 6.30. The molecule has 0 saturated heterocycles. The van der Waals surface area contributed by atoms with Gasteiger partial charge in [-0.1, -0.05) is 20.8 Å². The van der Waals surface area contributed by atoms with Crippen molar-refractivity contribution in [1.29, 1.82) is 0 Å². The molecule has 1 aliphatic rings. The lowest BCUT2D eigenvalue weighted by Gasteiger charge is -2.34. The van der Waals surface area contributed by atoms with Gasteiger partial charge in [0.05, 0.1) is 23.2 Å². The Bertz CT molecular complexity index is 1430. The predicted octanol–water partition coefficient (Wildman–Crippen LogP) is 4.65. The zero-order chi connectivity index (χ0) is 25.6. The number of nitrogens with zero attached hydrogens (tertiary/aromatic N) is 5. The Morgan fingerprint density at radius 2 is 1.86 bits per heavy atom. The van der Waals surface area contributed by atoms with Crippen molar-refractivity contribution < 1.29 is 14.6 Å². The van der Waals surface area contributed by atoms with Crippen molar-refractivity contribution in [1.82, 2.24) is 24.3 Å². The summed E-state index contributed by atoms with van der Waals surface area (Å²) in [5.74, 6) is 2.82. The first-order valence-corrected chi connectivity index (χ1v) is 12.0. The number of imidazole rings is 1. The van der Waals surface area contributed by atoms with E-state index >= 15 is 0 Å². The van der Waals surface area contributed by atoms with Gasteiger partial charge < -0.3 is 25.0 Å². The van der Waals surface area contributed by atoms with E-state index in [0.29, 0.717) is 23.3 Å². The summed E-state index contributed by atoms with van der Waals surface area (Å²) in [6, 6.07) is 11.4. The number of nitrogens with one attached hydrogen (secondary N) is 2. The highest BCUT2D eigenvalue weighted by Crippen LogP contribution is 2.37. The van der Waals surface area contributed by atoms with Crippen molar-refractivity contribution in [2.24, 2.45) is 7.05 Å². The van der Waals surface area contributed by atoms with Gasteiger partial charge in [-0.3, -0.25) is 9.48 Å². The Morgan fingerprint density at radius 3 is 2.56 bits per heavy atom. The van der Waals surface area contributed by atoms with Crippen LogP contribution in [0.2, 0.25) is 0 Å². The normalized spacial score (nSPS) is 17.6. The molecule has 188 valence electrons. The minimum absolute atomic E-state index is 0.0845. The third kappa shape index (κ3) is 4.76. The van der Waals surface area contributed by atoms with Crippen LogP contribution in [-0.4, -0.2) is 41.4 Å². The summed E-state index contributed by atoms with van der Waals surface area (Å²) in [5.41, 5.74) is 2.74. The fourth-order valence-corrected chi connectivity index (χ4v) is 4.37. The molecule has 0 radical (unpaired) electrons. The molecule has 1 aromatic carbocycles. The molecule has 36 heavy (non-hydrogen) atoms. The number of aryl methyl sites for hydroxylation is 1. The minimum Gasteiger partial charge on any atom is -0.457 e. The predicted molar refractivity (Wildman–Crippen MR) is 138 cm³/mol. The summed E-state index contributed by atoms with van der Waals surface area (Å²) in [4.78, 5) is 20.2. The van der Waals surface area contributed by atoms with Crippen molar-refractivity contribution in [3.05, 3.63) is 48.3 Å². The van der Waals surface area contributed by atoms with E-state index in [9.17, 15) is 9.90 Å². The zero-order valence-corrected chi connectivity index (χ0v) is 21.1. The van der Waals surface area contributed by atoms with Crippen LogP contribution in [0.5, 0.6) is 11.5 Å². The average Bonchev–Trinajstić information content (AvgIpc) is 3.33. The first-order valence-electron chi connectivity index (χ1n) is 12.0. The van der Waals surface area contributed by atoms with Gasteiger partial charge in [0.2, 0.25) is 11.9 Å². The number of hydrogen-bond donors (Lipinski definition) is 3. The monoisotopic (exact) mass is 489 g/mol. The molecule has 1 amide bonds. The molecule has 0 aliphatic heterocycles. The molecule has 3 aromatic heterocycles. The molecule has 1 saturated carbocycles. The summed E-state index contributed by atoms with van der Waals surface area (Å²) in [6.07, 6.45) is 2.79. The number of aliphatic hydroxyl groups is 1. The van der Waals surface area contributed by atoms with Crippen molar-refractivity contribution in [3.8, 4) is 11.5 Å². The summed E-state index contributed by atoms with van der Waals surface area (Å²) in [5, 5.41) is 20.6. The van der Waals surface area contributed by atoms with E-state index in [1.807, 2.05) is 34.5 Å². The first kappa shape index (κ1) is 23.8. The van der Waals surface area contributed by atoms with Gasteiger partial charge in [0, 0.05) is 49.5 Å². The van der Waals surface area contributed by atoms with Crippen LogP contribution in [0.3, 0.4) is 0 Å². The molecule has 1 aliphatic carbocycles. The fraction of sp³-hybridized carbons (Fsp3) is 0.385. The van der Waals surface area contributed by atoms with Crippen LogP contribution in [0.1, 0.15) is 52.3 Å². The van der Waals surface area contributed by atoms with Crippen molar-refractivity contribution >= 4 is 34.5 Å². The van der Waals surface area contributed by atoms with Crippen molar-refractivity contribution in [2.45, 2.75) is 58.1 Å². The molecule has 10 nitrogen and oxygen atoms in total. The molecular weight excluding hydrogens is 458 g/mol. The highest BCUT2D eigenvalue weighted by Gasteiger charge is 2.33. The van der Waals surface area contributed by atoms with Crippen molar-refractivity contribution in [3.63, 3.8) is 0 Å².